The number of thiophene rings is 1. The van der Waals surface area contributed by atoms with Crippen molar-refractivity contribution in [1.82, 2.24) is 9.55 Å². The molecule has 1 aromatic carbocycles. The molecule has 0 N–H and O–H groups in total. The molecule has 0 unspecified atom stereocenters. The number of nitrogens with zero attached hydrogens (tertiary/aromatic N) is 2. The lowest BCUT2D eigenvalue weighted by Crippen LogP contribution is -2.25. The lowest BCUT2D eigenvalue weighted by molar-refractivity contribution is 0.0970. The van der Waals surface area contributed by atoms with E-state index in [2.05, 4.69) is 11.9 Å². The molecule has 2 aromatic heterocycles. The molecule has 140 valence electrons. The Morgan fingerprint density at radius 2 is 1.96 bits per heavy atom. The molecule has 0 amide bonds. The van der Waals surface area contributed by atoms with E-state index in [-0.39, 0.29) is 17.9 Å². The van der Waals surface area contributed by atoms with Gasteiger partial charge in [-0.15, -0.1) is 11.3 Å². The molecule has 0 saturated heterocycles. The molecule has 0 radical (unpaired) electrons. The number of hydrogen-bond acceptors (Lipinski definition) is 4. The average Bonchev–Trinajstić information content (AvgIpc) is 3.08. The Balaban J connectivity index is 1.58. The van der Waals surface area contributed by atoms with Crippen LogP contribution in [-0.2, 0) is 25.8 Å². The van der Waals surface area contributed by atoms with Gasteiger partial charge in [0.05, 0.1) is 18.3 Å². The minimum absolute atomic E-state index is 0.0424. The highest BCUT2D eigenvalue weighted by molar-refractivity contribution is 7.18. The number of Topliss-reactive ketones (excluding diaryl/α,β-unsaturated/α-hetero) is 1. The lowest BCUT2D eigenvalue weighted by Gasteiger charge is -2.10. The highest BCUT2D eigenvalue weighted by Gasteiger charge is 2.20. The van der Waals surface area contributed by atoms with E-state index in [1.165, 1.54) is 33.3 Å². The molecule has 4 rings (SSSR count). The maximum atomic E-state index is 13.0. The molecule has 0 spiro atoms. The van der Waals surface area contributed by atoms with Gasteiger partial charge in [-0.2, -0.15) is 0 Å². The van der Waals surface area contributed by atoms with E-state index in [0.29, 0.717) is 5.56 Å². The van der Waals surface area contributed by atoms with E-state index < -0.39 is 0 Å². The van der Waals surface area contributed by atoms with Crippen LogP contribution in [0.4, 0.5) is 0 Å². The Kier molecular flexibility index (Phi) is 5.21. The van der Waals surface area contributed by atoms with E-state index in [1.54, 1.807) is 11.3 Å². The van der Waals surface area contributed by atoms with Gasteiger partial charge in [0.2, 0.25) is 0 Å². The highest BCUT2D eigenvalue weighted by Crippen LogP contribution is 2.33. The van der Waals surface area contributed by atoms with Crippen LogP contribution in [-0.4, -0.2) is 15.3 Å². The lowest BCUT2D eigenvalue weighted by atomic mass is 9.97. The van der Waals surface area contributed by atoms with Crippen LogP contribution in [0.1, 0.15) is 59.0 Å². The van der Waals surface area contributed by atoms with Gasteiger partial charge >= 0.3 is 0 Å². The van der Waals surface area contributed by atoms with Gasteiger partial charge in [0, 0.05) is 10.4 Å². The third-order valence-electron chi connectivity index (χ3n) is 5.35. The van der Waals surface area contributed by atoms with Crippen molar-refractivity contribution in [3.8, 4) is 0 Å². The van der Waals surface area contributed by atoms with Gasteiger partial charge in [-0.1, -0.05) is 37.6 Å². The molecule has 0 saturated carbocycles. The van der Waals surface area contributed by atoms with Gasteiger partial charge in [0.1, 0.15) is 4.83 Å². The molecule has 2 heterocycles. The SMILES string of the molecule is CCCCc1ccc(C(=O)Cn2cnc3sc4c(c3c2=O)CCCC4)cc1. The first-order chi connectivity index (χ1) is 13.2. The predicted molar refractivity (Wildman–Crippen MR) is 110 cm³/mol. The Labute approximate surface area is 162 Å². The van der Waals surface area contributed by atoms with Crippen molar-refractivity contribution in [3.63, 3.8) is 0 Å². The number of aryl methyl sites for hydroxylation is 3. The van der Waals surface area contributed by atoms with Crippen molar-refractivity contribution in [1.29, 1.82) is 0 Å². The second-order valence-electron chi connectivity index (χ2n) is 7.29. The van der Waals surface area contributed by atoms with Crippen molar-refractivity contribution in [2.45, 2.75) is 58.4 Å². The van der Waals surface area contributed by atoms with Crippen LogP contribution in [0.3, 0.4) is 0 Å². The predicted octanol–water partition coefficient (Wildman–Crippen LogP) is 4.56. The van der Waals surface area contributed by atoms with E-state index >= 15 is 0 Å². The number of benzene rings is 1. The number of hydrogen-bond donors (Lipinski definition) is 0. The van der Waals surface area contributed by atoms with Crippen molar-refractivity contribution < 1.29 is 4.79 Å². The summed E-state index contributed by atoms with van der Waals surface area (Å²) in [5.74, 6) is -0.0515. The first-order valence-corrected chi connectivity index (χ1v) is 10.6. The van der Waals surface area contributed by atoms with Crippen molar-refractivity contribution in [2.75, 3.05) is 0 Å². The molecule has 4 nitrogen and oxygen atoms in total. The molecule has 0 fully saturated rings. The Hall–Kier alpha value is -2.27. The van der Waals surface area contributed by atoms with Crippen molar-refractivity contribution in [2.24, 2.45) is 0 Å². The summed E-state index contributed by atoms with van der Waals surface area (Å²) >= 11 is 1.64. The number of rotatable bonds is 6. The molecule has 1 aliphatic rings. The molecule has 0 atom stereocenters. The van der Waals surface area contributed by atoms with Crippen LogP contribution in [0.5, 0.6) is 0 Å². The van der Waals surface area contributed by atoms with E-state index in [9.17, 15) is 9.59 Å². The Bertz CT molecular complexity index is 1030. The minimum Gasteiger partial charge on any atom is -0.292 e. The number of ketones is 1. The van der Waals surface area contributed by atoms with Crippen molar-refractivity contribution in [3.05, 3.63) is 62.5 Å². The summed E-state index contributed by atoms with van der Waals surface area (Å²) in [4.78, 5) is 32.2. The summed E-state index contributed by atoms with van der Waals surface area (Å²) < 4.78 is 1.47. The Morgan fingerprint density at radius 3 is 2.74 bits per heavy atom. The molecule has 27 heavy (non-hydrogen) atoms. The quantitative estimate of drug-likeness (QED) is 0.589. The number of carbonyl (C=O) groups is 1. The normalized spacial score (nSPS) is 13.7. The Morgan fingerprint density at radius 1 is 1.19 bits per heavy atom. The fourth-order valence-electron chi connectivity index (χ4n) is 3.78. The van der Waals surface area contributed by atoms with Crippen molar-refractivity contribution >= 4 is 27.3 Å². The van der Waals surface area contributed by atoms with Crippen LogP contribution in [0.15, 0.2) is 35.4 Å². The number of fused-ring (bicyclic) bond motifs is 3. The first kappa shape index (κ1) is 18.1. The smallest absolute Gasteiger partial charge is 0.262 e. The molecular weight excluding hydrogens is 356 g/mol. The van der Waals surface area contributed by atoms with Gasteiger partial charge in [-0.25, -0.2) is 4.98 Å². The van der Waals surface area contributed by atoms with Gasteiger partial charge in [-0.3, -0.25) is 14.2 Å². The topological polar surface area (TPSA) is 52.0 Å². The third kappa shape index (κ3) is 3.61. The fraction of sp³-hybridized carbons (Fsp3) is 0.409. The molecular formula is C22H24N2O2S. The summed E-state index contributed by atoms with van der Waals surface area (Å²) in [5, 5.41) is 0.736. The number of aromatic nitrogens is 2. The summed E-state index contributed by atoms with van der Waals surface area (Å²) in [6.45, 7) is 2.21. The molecule has 5 heteroatoms. The third-order valence-corrected chi connectivity index (χ3v) is 6.55. The standard InChI is InChI=1S/C22H24N2O2S/c1-2-3-6-15-9-11-16(12-10-15)18(25)13-24-14-23-21-20(22(24)26)17-7-4-5-8-19(17)27-21/h9-12,14H,2-8,13H2,1H3. The summed E-state index contributed by atoms with van der Waals surface area (Å²) in [6.07, 6.45) is 9.17. The second-order valence-corrected chi connectivity index (χ2v) is 8.38. The average molecular weight is 381 g/mol. The maximum Gasteiger partial charge on any atom is 0.262 e. The zero-order chi connectivity index (χ0) is 18.8. The monoisotopic (exact) mass is 380 g/mol. The second kappa shape index (κ2) is 7.77. The zero-order valence-corrected chi connectivity index (χ0v) is 16.5. The maximum absolute atomic E-state index is 13.0. The zero-order valence-electron chi connectivity index (χ0n) is 15.7. The molecule has 3 aromatic rings. The van der Waals surface area contributed by atoms with Crippen LogP contribution < -0.4 is 5.56 Å². The largest absolute Gasteiger partial charge is 0.292 e. The minimum atomic E-state index is -0.0766. The fourth-order valence-corrected chi connectivity index (χ4v) is 5.00. The summed E-state index contributed by atoms with van der Waals surface area (Å²) in [6, 6.07) is 7.78. The summed E-state index contributed by atoms with van der Waals surface area (Å²) in [7, 11) is 0. The van der Waals surface area contributed by atoms with Gasteiger partial charge in [-0.05, 0) is 49.7 Å². The van der Waals surface area contributed by atoms with Gasteiger partial charge < -0.3 is 0 Å². The van der Waals surface area contributed by atoms with Gasteiger partial charge in [0.15, 0.2) is 5.78 Å². The molecule has 1 aliphatic carbocycles. The van der Waals surface area contributed by atoms with Crippen LogP contribution in [0.2, 0.25) is 0 Å². The number of unbranched alkanes of at least 4 members (excludes halogenated alkanes) is 1. The van der Waals surface area contributed by atoms with Gasteiger partial charge in [0.25, 0.3) is 5.56 Å². The molecule has 0 bridgehead atoms. The highest BCUT2D eigenvalue weighted by atomic mass is 32.1. The van der Waals surface area contributed by atoms with E-state index in [0.717, 1.165) is 48.7 Å². The number of carbonyl (C=O) groups excluding carboxylic acids is 1. The molecule has 0 aliphatic heterocycles. The first-order valence-electron chi connectivity index (χ1n) is 9.79. The van der Waals surface area contributed by atoms with Crippen LogP contribution in [0, 0.1) is 0 Å². The van der Waals surface area contributed by atoms with E-state index in [1.807, 2.05) is 24.3 Å². The summed E-state index contributed by atoms with van der Waals surface area (Å²) in [5.41, 5.74) is 2.99. The van der Waals surface area contributed by atoms with Crippen LogP contribution >= 0.6 is 11.3 Å². The van der Waals surface area contributed by atoms with Crippen LogP contribution in [0.25, 0.3) is 10.2 Å². The van der Waals surface area contributed by atoms with E-state index in [4.69, 9.17) is 0 Å².